The van der Waals surface area contributed by atoms with E-state index in [0.717, 1.165) is 0 Å². The molecule has 78 valence electrons. The first-order chi connectivity index (χ1) is 6.70. The molecule has 1 heterocycles. The molecule has 0 aliphatic carbocycles. The summed E-state index contributed by atoms with van der Waals surface area (Å²) in [4.78, 5) is 15.8. The monoisotopic (exact) mass is 197 g/mol. The summed E-state index contributed by atoms with van der Waals surface area (Å²) in [5.41, 5.74) is 0.681. The maximum Gasteiger partial charge on any atom is 0.233 e. The van der Waals surface area contributed by atoms with Gasteiger partial charge in [0.1, 0.15) is 0 Å². The minimum Gasteiger partial charge on any atom is -0.488 e. The van der Waals surface area contributed by atoms with Crippen LogP contribution < -0.4 is 0 Å². The molecule has 4 heteroatoms. The lowest BCUT2D eigenvalue weighted by Gasteiger charge is -2.19. The number of hydrogen-bond acceptors (Lipinski definition) is 4. The Morgan fingerprint density at radius 3 is 2.71 bits per heavy atom. The predicted octanol–water partition coefficient (Wildman–Crippen LogP) is 1.31. The molecule has 14 heavy (non-hydrogen) atoms. The van der Waals surface area contributed by atoms with E-state index in [4.69, 9.17) is 9.47 Å². The summed E-state index contributed by atoms with van der Waals surface area (Å²) in [5.74, 6) is 0.151. The largest absolute Gasteiger partial charge is 0.488 e. The quantitative estimate of drug-likeness (QED) is 0.682. The van der Waals surface area contributed by atoms with E-state index in [0.29, 0.717) is 18.9 Å². The Hall–Kier alpha value is -1.16. The Balaban J connectivity index is 2.79. The molecule has 1 atom stereocenters. The molecule has 0 saturated carbocycles. The van der Waals surface area contributed by atoms with Crippen LogP contribution in [0.25, 0.3) is 0 Å². The highest BCUT2D eigenvalue weighted by Gasteiger charge is 2.29. The van der Waals surface area contributed by atoms with Crippen molar-refractivity contribution in [3.05, 3.63) is 12.0 Å². The topological polar surface area (TPSA) is 47.9 Å². The van der Waals surface area contributed by atoms with Crippen LogP contribution in [-0.2, 0) is 14.3 Å². The molecule has 0 aromatic carbocycles. The third-order valence-corrected chi connectivity index (χ3v) is 1.88. The maximum absolute atomic E-state index is 11.7. The maximum atomic E-state index is 11.7. The minimum atomic E-state index is -0.563. The van der Waals surface area contributed by atoms with Crippen molar-refractivity contribution in [2.45, 2.75) is 26.9 Å². The number of ether oxygens (including phenoxy) is 2. The number of ketones is 1. The van der Waals surface area contributed by atoms with Crippen molar-refractivity contribution in [2.75, 3.05) is 13.2 Å². The fraction of sp³-hybridized carbons (Fsp3) is 0.600. The van der Waals surface area contributed by atoms with Crippen LogP contribution in [0.1, 0.15) is 20.8 Å². The van der Waals surface area contributed by atoms with E-state index >= 15 is 0 Å². The van der Waals surface area contributed by atoms with Gasteiger partial charge in [-0.1, -0.05) is 0 Å². The second kappa shape index (κ2) is 4.91. The molecule has 0 saturated heterocycles. The average molecular weight is 197 g/mol. The van der Waals surface area contributed by atoms with Crippen LogP contribution in [0.15, 0.2) is 17.0 Å². The molecule has 0 amide bonds. The van der Waals surface area contributed by atoms with E-state index in [1.165, 1.54) is 6.20 Å². The highest BCUT2D eigenvalue weighted by molar-refractivity contribution is 6.15. The fourth-order valence-corrected chi connectivity index (χ4v) is 1.24. The van der Waals surface area contributed by atoms with Gasteiger partial charge in [-0.2, -0.15) is 0 Å². The molecule has 0 aromatic heterocycles. The summed E-state index contributed by atoms with van der Waals surface area (Å²) in [6, 6.07) is 0. The number of aliphatic imine (C=N–C) groups is 1. The summed E-state index contributed by atoms with van der Waals surface area (Å²) in [7, 11) is 0. The lowest BCUT2D eigenvalue weighted by molar-refractivity contribution is -0.126. The van der Waals surface area contributed by atoms with Crippen LogP contribution in [0.4, 0.5) is 0 Å². The number of rotatable bonds is 4. The molecule has 1 unspecified atom stereocenters. The Kier molecular flexibility index (Phi) is 3.83. The molecule has 0 aromatic rings. The Morgan fingerprint density at radius 1 is 1.43 bits per heavy atom. The molecule has 1 aliphatic heterocycles. The van der Waals surface area contributed by atoms with Crippen LogP contribution in [0.5, 0.6) is 0 Å². The molecule has 0 spiro atoms. The second-order valence-corrected chi connectivity index (χ2v) is 2.90. The average Bonchev–Trinajstić information content (AvgIpc) is 2.17. The van der Waals surface area contributed by atoms with Gasteiger partial charge in [0.2, 0.25) is 5.78 Å². The molecular formula is C10H15NO3. The van der Waals surface area contributed by atoms with Gasteiger partial charge >= 0.3 is 0 Å². The minimum absolute atomic E-state index is 0.138. The van der Waals surface area contributed by atoms with E-state index < -0.39 is 6.10 Å². The molecule has 1 rings (SSSR count). The highest BCUT2D eigenvalue weighted by atomic mass is 16.5. The first kappa shape index (κ1) is 10.9. The summed E-state index contributed by atoms with van der Waals surface area (Å²) >= 11 is 0. The van der Waals surface area contributed by atoms with Crippen molar-refractivity contribution < 1.29 is 14.3 Å². The van der Waals surface area contributed by atoms with Gasteiger partial charge in [-0.15, -0.1) is 0 Å². The van der Waals surface area contributed by atoms with Gasteiger partial charge < -0.3 is 9.47 Å². The normalized spacial score (nSPS) is 21.6. The molecule has 0 radical (unpaired) electrons. The van der Waals surface area contributed by atoms with Crippen LogP contribution in [0, 0.1) is 0 Å². The highest BCUT2D eigenvalue weighted by Crippen LogP contribution is 2.13. The Bertz CT molecular complexity index is 281. The van der Waals surface area contributed by atoms with Gasteiger partial charge in [0.05, 0.1) is 18.5 Å². The van der Waals surface area contributed by atoms with E-state index in [1.807, 2.05) is 13.8 Å². The summed E-state index contributed by atoms with van der Waals surface area (Å²) in [6.45, 7) is 6.40. The molecular weight excluding hydrogens is 182 g/mol. The number of nitrogens with zero attached hydrogens (tertiary/aromatic N) is 1. The van der Waals surface area contributed by atoms with Crippen LogP contribution in [-0.4, -0.2) is 30.8 Å². The SMILES string of the molecule is CCOC1=CN=C(C)C(OCC)C1=O. The van der Waals surface area contributed by atoms with Gasteiger partial charge in [-0.05, 0) is 20.8 Å². The standard InChI is InChI=1S/C10H15NO3/c1-4-13-8-6-11-7(3)10(9(8)12)14-5-2/h6,10H,4-5H2,1-3H3. The molecule has 0 fully saturated rings. The zero-order chi connectivity index (χ0) is 10.6. The lowest BCUT2D eigenvalue weighted by Crippen LogP contribution is -2.35. The molecule has 0 N–H and O–H groups in total. The lowest BCUT2D eigenvalue weighted by atomic mass is 10.1. The Morgan fingerprint density at radius 2 is 2.14 bits per heavy atom. The van der Waals surface area contributed by atoms with E-state index in [9.17, 15) is 4.79 Å². The third-order valence-electron chi connectivity index (χ3n) is 1.88. The van der Waals surface area contributed by atoms with Crippen molar-refractivity contribution >= 4 is 11.5 Å². The van der Waals surface area contributed by atoms with Crippen LogP contribution in [0.2, 0.25) is 0 Å². The number of hydrogen-bond donors (Lipinski definition) is 0. The van der Waals surface area contributed by atoms with Crippen molar-refractivity contribution in [3.63, 3.8) is 0 Å². The van der Waals surface area contributed by atoms with Crippen molar-refractivity contribution in [1.82, 2.24) is 0 Å². The van der Waals surface area contributed by atoms with Gasteiger partial charge in [0.15, 0.2) is 11.9 Å². The van der Waals surface area contributed by atoms with Gasteiger partial charge in [0, 0.05) is 6.61 Å². The van der Waals surface area contributed by atoms with Crippen molar-refractivity contribution in [3.8, 4) is 0 Å². The molecule has 0 bridgehead atoms. The smallest absolute Gasteiger partial charge is 0.233 e. The first-order valence-corrected chi connectivity index (χ1v) is 4.73. The van der Waals surface area contributed by atoms with Gasteiger partial charge in [-0.25, -0.2) is 0 Å². The van der Waals surface area contributed by atoms with Crippen LogP contribution >= 0.6 is 0 Å². The second-order valence-electron chi connectivity index (χ2n) is 2.90. The molecule has 1 aliphatic rings. The van der Waals surface area contributed by atoms with Gasteiger partial charge in [-0.3, -0.25) is 9.79 Å². The van der Waals surface area contributed by atoms with Crippen molar-refractivity contribution in [2.24, 2.45) is 4.99 Å². The van der Waals surface area contributed by atoms with E-state index in [2.05, 4.69) is 4.99 Å². The van der Waals surface area contributed by atoms with E-state index in [-0.39, 0.29) is 11.5 Å². The van der Waals surface area contributed by atoms with Crippen LogP contribution in [0.3, 0.4) is 0 Å². The Labute approximate surface area is 83.6 Å². The number of Topliss-reactive ketones (excluding diaryl/α,β-unsaturated/α-hetero) is 1. The first-order valence-electron chi connectivity index (χ1n) is 4.73. The number of carbonyl (C=O) groups is 1. The van der Waals surface area contributed by atoms with Crippen molar-refractivity contribution in [1.29, 1.82) is 0 Å². The van der Waals surface area contributed by atoms with E-state index in [1.54, 1.807) is 6.92 Å². The summed E-state index contributed by atoms with van der Waals surface area (Å²) in [5, 5.41) is 0. The summed E-state index contributed by atoms with van der Waals surface area (Å²) < 4.78 is 10.4. The van der Waals surface area contributed by atoms with Gasteiger partial charge in [0.25, 0.3) is 0 Å². The zero-order valence-corrected chi connectivity index (χ0v) is 8.74. The predicted molar refractivity (Wildman–Crippen MR) is 53.2 cm³/mol. The fourth-order valence-electron chi connectivity index (χ4n) is 1.24. The third kappa shape index (κ3) is 2.20. The molecule has 4 nitrogen and oxygen atoms in total. The number of carbonyl (C=O) groups excluding carboxylic acids is 1. The summed E-state index contributed by atoms with van der Waals surface area (Å²) in [6.07, 6.45) is 0.892. The zero-order valence-electron chi connectivity index (χ0n) is 8.74.